The SMILES string of the molecule is CP1(F)=NP(F)(Oc2ccccc2)=NP(F)(C(F)(F)F)=N1. The molecule has 0 aliphatic carbocycles. The predicted molar refractivity (Wildman–Crippen MR) is 70.4 cm³/mol. The summed E-state index contributed by atoms with van der Waals surface area (Å²) in [5.74, 6) is -5.82. The van der Waals surface area contributed by atoms with Gasteiger partial charge in [0.2, 0.25) is 7.52 Å². The van der Waals surface area contributed by atoms with Gasteiger partial charge in [-0.05, 0) is 12.1 Å². The fourth-order valence-electron chi connectivity index (χ4n) is 1.37. The van der Waals surface area contributed by atoms with E-state index in [0.717, 1.165) is 0 Å². The molecule has 0 bridgehead atoms. The van der Waals surface area contributed by atoms with Crippen molar-refractivity contribution in [1.29, 1.82) is 0 Å². The third-order valence-electron chi connectivity index (χ3n) is 2.07. The molecule has 0 radical (unpaired) electrons. The lowest BCUT2D eigenvalue weighted by Gasteiger charge is -2.23. The lowest BCUT2D eigenvalue weighted by Crippen LogP contribution is -2.05. The Morgan fingerprint density at radius 3 is 2.05 bits per heavy atom. The Bertz CT molecular complexity index is 710. The fourth-order valence-corrected chi connectivity index (χ4v) is 8.77. The van der Waals surface area contributed by atoms with E-state index in [2.05, 4.69) is 18.1 Å². The zero-order valence-corrected chi connectivity index (χ0v) is 12.9. The van der Waals surface area contributed by atoms with Gasteiger partial charge < -0.3 is 4.52 Å². The topological polar surface area (TPSA) is 46.3 Å². The number of halogens is 6. The van der Waals surface area contributed by atoms with Crippen molar-refractivity contribution in [2.45, 2.75) is 5.92 Å². The van der Waals surface area contributed by atoms with Crippen molar-refractivity contribution in [2.24, 2.45) is 13.5 Å². The summed E-state index contributed by atoms with van der Waals surface area (Å²) in [6.45, 7) is 0.518. The third-order valence-corrected chi connectivity index (χ3v) is 9.43. The van der Waals surface area contributed by atoms with Gasteiger partial charge in [0.25, 0.3) is 0 Å². The normalized spacial score (nSPS) is 36.1. The van der Waals surface area contributed by atoms with Crippen LogP contribution in [-0.4, -0.2) is 12.6 Å². The predicted octanol–water partition coefficient (Wildman–Crippen LogP) is 7.15. The summed E-state index contributed by atoms with van der Waals surface area (Å²) in [6.07, 6.45) is 0. The highest BCUT2D eigenvalue weighted by Gasteiger charge is 2.55. The van der Waals surface area contributed by atoms with Crippen LogP contribution >= 0.6 is 22.8 Å². The maximum absolute atomic E-state index is 14.4. The molecule has 21 heavy (non-hydrogen) atoms. The second kappa shape index (κ2) is 5.18. The number of nitrogens with zero attached hydrogens (tertiary/aromatic N) is 3. The van der Waals surface area contributed by atoms with Crippen LogP contribution in [0, 0.1) is 0 Å². The molecule has 0 amide bonds. The van der Waals surface area contributed by atoms with Crippen molar-refractivity contribution in [3.8, 4) is 5.75 Å². The quantitative estimate of drug-likeness (QED) is 0.403. The van der Waals surface area contributed by atoms with Crippen LogP contribution < -0.4 is 4.52 Å². The number of benzene rings is 1. The molecule has 3 atom stereocenters. The zero-order chi connectivity index (χ0) is 15.9. The van der Waals surface area contributed by atoms with E-state index in [1.165, 1.54) is 30.3 Å². The summed E-state index contributed by atoms with van der Waals surface area (Å²) in [5, 5.41) is 0. The molecule has 4 nitrogen and oxygen atoms in total. The van der Waals surface area contributed by atoms with Crippen LogP contribution in [0.1, 0.15) is 0 Å². The summed E-state index contributed by atoms with van der Waals surface area (Å²) in [4.78, 5) is 0. The Morgan fingerprint density at radius 2 is 1.52 bits per heavy atom. The van der Waals surface area contributed by atoms with E-state index in [0.29, 0.717) is 6.66 Å². The number of rotatable bonds is 2. The highest BCUT2D eigenvalue weighted by Crippen LogP contribution is 2.83. The minimum Gasteiger partial charge on any atom is -0.419 e. The Labute approximate surface area is 116 Å². The van der Waals surface area contributed by atoms with E-state index in [9.17, 15) is 25.8 Å². The summed E-state index contributed by atoms with van der Waals surface area (Å²) >= 11 is 0. The second-order valence-electron chi connectivity index (χ2n) is 3.95. The lowest BCUT2D eigenvalue weighted by molar-refractivity contribution is -0.0464. The standard InChI is InChI=1S/C8H8F6N3OP3/c1-19(12)15-20(13,8(9,10)11)17-21(14,16-19)18-7-5-3-2-4-6-7/h2-6H,1H3. The Morgan fingerprint density at radius 1 is 0.952 bits per heavy atom. The van der Waals surface area contributed by atoms with Crippen LogP contribution in [0.4, 0.5) is 25.8 Å². The number of alkyl halides is 3. The summed E-state index contributed by atoms with van der Waals surface area (Å²) in [6, 6.07) is 6.76. The van der Waals surface area contributed by atoms with Crippen LogP contribution in [0.2, 0.25) is 0 Å². The summed E-state index contributed by atoms with van der Waals surface area (Å²) < 4.78 is 92.2. The van der Waals surface area contributed by atoms with Crippen LogP contribution in [0.5, 0.6) is 5.75 Å². The van der Waals surface area contributed by atoms with Gasteiger partial charge in [0.1, 0.15) is 5.75 Å². The van der Waals surface area contributed by atoms with Gasteiger partial charge >= 0.3 is 21.2 Å². The van der Waals surface area contributed by atoms with E-state index in [1.807, 2.05) is 0 Å². The van der Waals surface area contributed by atoms with Gasteiger partial charge in [0.05, 0.1) is 0 Å². The molecule has 1 aromatic rings. The van der Waals surface area contributed by atoms with E-state index in [1.54, 1.807) is 0 Å². The molecule has 1 heterocycles. The van der Waals surface area contributed by atoms with E-state index in [-0.39, 0.29) is 5.75 Å². The highest BCUT2D eigenvalue weighted by molar-refractivity contribution is 7.81. The molecule has 0 fully saturated rings. The van der Waals surface area contributed by atoms with Gasteiger partial charge in [-0.25, -0.2) is 0 Å². The van der Waals surface area contributed by atoms with Gasteiger partial charge in [-0.15, -0.1) is 13.2 Å². The van der Waals surface area contributed by atoms with Crippen LogP contribution in [0.25, 0.3) is 0 Å². The maximum atomic E-state index is 14.4. The second-order valence-corrected chi connectivity index (χ2v) is 10.4. The molecule has 1 aliphatic heterocycles. The number of para-hydroxylation sites is 1. The van der Waals surface area contributed by atoms with E-state index >= 15 is 0 Å². The van der Waals surface area contributed by atoms with Crippen LogP contribution in [0.3, 0.4) is 0 Å². The summed E-state index contributed by atoms with van der Waals surface area (Å²) in [5.41, 5.74) is 0. The van der Waals surface area contributed by atoms with Crippen LogP contribution in [-0.2, 0) is 0 Å². The monoisotopic (exact) mass is 369 g/mol. The Kier molecular flexibility index (Phi) is 4.11. The molecule has 0 spiro atoms. The Balaban J connectivity index is 2.59. The molecule has 0 saturated carbocycles. The number of hydrogen-bond donors (Lipinski definition) is 0. The molecule has 2 rings (SSSR count). The van der Waals surface area contributed by atoms with Gasteiger partial charge in [-0.3, -0.25) is 0 Å². The van der Waals surface area contributed by atoms with Crippen molar-refractivity contribution < 1.29 is 30.3 Å². The van der Waals surface area contributed by atoms with E-state index < -0.39 is 28.7 Å². The largest absolute Gasteiger partial charge is 0.472 e. The molecule has 1 aliphatic rings. The van der Waals surface area contributed by atoms with Gasteiger partial charge in [0, 0.05) is 6.66 Å². The van der Waals surface area contributed by atoms with E-state index in [4.69, 9.17) is 0 Å². The molecule has 0 aromatic heterocycles. The molecule has 13 heteroatoms. The van der Waals surface area contributed by atoms with Crippen molar-refractivity contribution in [2.75, 3.05) is 6.66 Å². The minimum atomic E-state index is -6.05. The molecule has 0 saturated heterocycles. The lowest BCUT2D eigenvalue weighted by atomic mass is 10.3. The minimum absolute atomic E-state index is 0.226. The highest BCUT2D eigenvalue weighted by atomic mass is 31.3. The first-order valence-corrected chi connectivity index (χ1v) is 10.4. The summed E-state index contributed by atoms with van der Waals surface area (Å²) in [7, 11) is -15.8. The van der Waals surface area contributed by atoms with Crippen molar-refractivity contribution in [3.05, 3.63) is 30.3 Å². The van der Waals surface area contributed by atoms with Gasteiger partial charge in [0.15, 0.2) is 0 Å². The molecule has 118 valence electrons. The third kappa shape index (κ3) is 3.74. The smallest absolute Gasteiger partial charge is 0.419 e. The number of hydrogen-bond acceptors (Lipinski definition) is 4. The first-order chi connectivity index (χ1) is 9.45. The van der Waals surface area contributed by atoms with Gasteiger partial charge in [-0.2, -0.15) is 26.1 Å². The average Bonchev–Trinajstić information content (AvgIpc) is 2.24. The molecular weight excluding hydrogens is 361 g/mol. The first kappa shape index (κ1) is 16.7. The molecule has 3 unspecified atom stereocenters. The van der Waals surface area contributed by atoms with Crippen molar-refractivity contribution in [3.63, 3.8) is 0 Å². The fraction of sp³-hybridized carbons (Fsp3) is 0.250. The van der Waals surface area contributed by atoms with Gasteiger partial charge in [-0.1, -0.05) is 18.2 Å². The maximum Gasteiger partial charge on any atom is 0.472 e. The van der Waals surface area contributed by atoms with Crippen molar-refractivity contribution >= 4 is 22.8 Å². The molecular formula is C8H8F6N3OP3. The zero-order valence-electron chi connectivity index (χ0n) is 10.2. The van der Waals surface area contributed by atoms with Crippen LogP contribution in [0.15, 0.2) is 43.9 Å². The molecule has 1 aromatic carbocycles. The first-order valence-electron chi connectivity index (χ1n) is 5.24. The Hall–Kier alpha value is -0.710. The van der Waals surface area contributed by atoms with Crippen molar-refractivity contribution in [1.82, 2.24) is 0 Å². The average molecular weight is 369 g/mol. The molecule has 0 N–H and O–H groups in total.